The van der Waals surface area contributed by atoms with Crippen LogP contribution in [-0.2, 0) is 0 Å². The average molecular weight is 350 g/mol. The van der Waals surface area contributed by atoms with Gasteiger partial charge in [0.1, 0.15) is 5.52 Å². The van der Waals surface area contributed by atoms with Gasteiger partial charge >= 0.3 is 0 Å². The molecule has 2 aromatic carbocycles. The standard InChI is InChI=1S/C20H18N2O4/c1-3-24-17-10-9-13(11-18(17)25-4-2)19(23)14(12-21)20-22-15-7-5-6-8-16(15)26-20/h5-11,14H,3-4H2,1-2H3. The fourth-order valence-electron chi connectivity index (χ4n) is 2.61. The molecule has 0 aliphatic heterocycles. The van der Waals surface area contributed by atoms with Gasteiger partial charge in [-0.25, -0.2) is 4.98 Å². The molecule has 3 aromatic rings. The third kappa shape index (κ3) is 3.38. The lowest BCUT2D eigenvalue weighted by atomic mass is 9.98. The summed E-state index contributed by atoms with van der Waals surface area (Å²) >= 11 is 0. The Kier molecular flexibility index (Phi) is 5.18. The van der Waals surface area contributed by atoms with Gasteiger partial charge in [0.15, 0.2) is 28.8 Å². The van der Waals surface area contributed by atoms with Gasteiger partial charge in [-0.05, 0) is 44.2 Å². The van der Waals surface area contributed by atoms with Crippen LogP contribution in [0.5, 0.6) is 11.5 Å². The third-order valence-electron chi connectivity index (χ3n) is 3.78. The first-order chi connectivity index (χ1) is 12.7. The summed E-state index contributed by atoms with van der Waals surface area (Å²) in [6, 6.07) is 14.0. The molecule has 0 aliphatic rings. The normalized spacial score (nSPS) is 11.7. The maximum atomic E-state index is 12.9. The number of fused-ring (bicyclic) bond motifs is 1. The SMILES string of the molecule is CCOc1ccc(C(=O)C(C#N)c2nc3ccccc3o2)cc1OCC. The second kappa shape index (κ2) is 7.70. The second-order valence-electron chi connectivity index (χ2n) is 5.47. The predicted molar refractivity (Wildman–Crippen MR) is 95.5 cm³/mol. The summed E-state index contributed by atoms with van der Waals surface area (Å²) in [5.41, 5.74) is 1.49. The molecule has 3 rings (SSSR count). The number of hydrogen-bond acceptors (Lipinski definition) is 6. The number of carbonyl (C=O) groups is 1. The van der Waals surface area contributed by atoms with Crippen LogP contribution >= 0.6 is 0 Å². The molecule has 132 valence electrons. The third-order valence-corrected chi connectivity index (χ3v) is 3.78. The second-order valence-corrected chi connectivity index (χ2v) is 5.47. The van der Waals surface area contributed by atoms with Crippen molar-refractivity contribution in [3.05, 3.63) is 53.9 Å². The number of hydrogen-bond donors (Lipinski definition) is 0. The summed E-state index contributed by atoms with van der Waals surface area (Å²) in [6.07, 6.45) is 0. The Morgan fingerprint density at radius 1 is 1.15 bits per heavy atom. The fourth-order valence-corrected chi connectivity index (χ4v) is 2.61. The minimum absolute atomic E-state index is 0.0885. The van der Waals surface area contributed by atoms with Crippen molar-refractivity contribution < 1.29 is 18.7 Å². The highest BCUT2D eigenvalue weighted by Crippen LogP contribution is 2.31. The Labute approximate surface area is 151 Å². The molecule has 1 aromatic heterocycles. The van der Waals surface area contributed by atoms with E-state index in [1.807, 2.05) is 26.0 Å². The van der Waals surface area contributed by atoms with Gasteiger partial charge in [-0.1, -0.05) is 12.1 Å². The number of Topliss-reactive ketones (excluding diaryl/α,β-unsaturated/α-hetero) is 1. The number of carbonyl (C=O) groups excluding carboxylic acids is 1. The van der Waals surface area contributed by atoms with E-state index in [9.17, 15) is 10.1 Å². The number of ether oxygens (including phenoxy) is 2. The largest absolute Gasteiger partial charge is 0.490 e. The summed E-state index contributed by atoms with van der Waals surface area (Å²) in [5.74, 6) is -0.417. The van der Waals surface area contributed by atoms with Crippen molar-refractivity contribution in [2.45, 2.75) is 19.8 Å². The van der Waals surface area contributed by atoms with Crippen molar-refractivity contribution in [2.75, 3.05) is 13.2 Å². The Morgan fingerprint density at radius 3 is 2.58 bits per heavy atom. The number of para-hydroxylation sites is 2. The highest BCUT2D eigenvalue weighted by molar-refractivity contribution is 6.02. The first-order valence-corrected chi connectivity index (χ1v) is 8.36. The van der Waals surface area contributed by atoms with Gasteiger partial charge in [0, 0.05) is 5.56 Å². The van der Waals surface area contributed by atoms with Crippen LogP contribution in [-0.4, -0.2) is 24.0 Å². The van der Waals surface area contributed by atoms with Crippen LogP contribution < -0.4 is 9.47 Å². The van der Waals surface area contributed by atoms with E-state index in [1.165, 1.54) is 0 Å². The molecule has 1 heterocycles. The molecule has 6 heteroatoms. The number of rotatable bonds is 7. The molecule has 0 N–H and O–H groups in total. The molecule has 0 fully saturated rings. The number of aromatic nitrogens is 1. The minimum atomic E-state index is -1.13. The highest BCUT2D eigenvalue weighted by Gasteiger charge is 2.28. The molecule has 6 nitrogen and oxygen atoms in total. The zero-order valence-corrected chi connectivity index (χ0v) is 14.6. The van der Waals surface area contributed by atoms with Crippen molar-refractivity contribution in [1.82, 2.24) is 4.98 Å². The van der Waals surface area contributed by atoms with Crippen molar-refractivity contribution in [3.8, 4) is 17.6 Å². The van der Waals surface area contributed by atoms with Crippen LogP contribution in [0.3, 0.4) is 0 Å². The number of oxazole rings is 1. The summed E-state index contributed by atoms with van der Waals surface area (Å²) in [7, 11) is 0. The molecular formula is C20H18N2O4. The molecule has 0 spiro atoms. The zero-order chi connectivity index (χ0) is 18.5. The van der Waals surface area contributed by atoms with E-state index in [4.69, 9.17) is 13.9 Å². The maximum absolute atomic E-state index is 12.9. The summed E-state index contributed by atoms with van der Waals surface area (Å²) in [4.78, 5) is 17.1. The Balaban J connectivity index is 1.95. The molecule has 0 radical (unpaired) electrons. The van der Waals surface area contributed by atoms with Gasteiger partial charge in [-0.3, -0.25) is 4.79 Å². The topological polar surface area (TPSA) is 85.4 Å². The van der Waals surface area contributed by atoms with Crippen LogP contribution in [0.25, 0.3) is 11.1 Å². The summed E-state index contributed by atoms with van der Waals surface area (Å²) in [5, 5.41) is 9.52. The summed E-state index contributed by atoms with van der Waals surface area (Å²) < 4.78 is 16.6. The monoisotopic (exact) mass is 350 g/mol. The predicted octanol–water partition coefficient (Wildman–Crippen LogP) is 4.12. The maximum Gasteiger partial charge on any atom is 0.220 e. The average Bonchev–Trinajstić information content (AvgIpc) is 3.07. The lowest BCUT2D eigenvalue weighted by Gasteiger charge is -2.12. The van der Waals surface area contributed by atoms with Gasteiger partial charge in [-0.2, -0.15) is 5.26 Å². The molecular weight excluding hydrogens is 332 g/mol. The van der Waals surface area contributed by atoms with Crippen LogP contribution in [0.15, 0.2) is 46.9 Å². The van der Waals surface area contributed by atoms with Crippen molar-refractivity contribution in [1.29, 1.82) is 5.26 Å². The van der Waals surface area contributed by atoms with E-state index in [-0.39, 0.29) is 5.89 Å². The fraction of sp³-hybridized carbons (Fsp3) is 0.250. The Bertz CT molecular complexity index is 938. The number of nitriles is 1. The first-order valence-electron chi connectivity index (χ1n) is 8.36. The smallest absolute Gasteiger partial charge is 0.220 e. The van der Waals surface area contributed by atoms with E-state index in [1.54, 1.807) is 36.4 Å². The molecule has 1 unspecified atom stereocenters. The minimum Gasteiger partial charge on any atom is -0.490 e. The number of ketones is 1. The van der Waals surface area contributed by atoms with Crippen LogP contribution in [0.4, 0.5) is 0 Å². The van der Waals surface area contributed by atoms with E-state index < -0.39 is 11.7 Å². The molecule has 0 bridgehead atoms. The van der Waals surface area contributed by atoms with Crippen molar-refractivity contribution >= 4 is 16.9 Å². The van der Waals surface area contributed by atoms with E-state index in [0.29, 0.717) is 41.4 Å². The van der Waals surface area contributed by atoms with Crippen molar-refractivity contribution in [2.24, 2.45) is 0 Å². The molecule has 26 heavy (non-hydrogen) atoms. The Hall–Kier alpha value is -3.33. The Morgan fingerprint density at radius 2 is 1.88 bits per heavy atom. The van der Waals surface area contributed by atoms with Crippen molar-refractivity contribution in [3.63, 3.8) is 0 Å². The number of benzene rings is 2. The van der Waals surface area contributed by atoms with Gasteiger partial charge in [0.05, 0.1) is 19.3 Å². The van der Waals surface area contributed by atoms with E-state index in [2.05, 4.69) is 4.98 Å². The van der Waals surface area contributed by atoms with Crippen LogP contribution in [0.1, 0.15) is 36.0 Å². The van der Waals surface area contributed by atoms with E-state index in [0.717, 1.165) is 0 Å². The quantitative estimate of drug-likeness (QED) is 0.596. The zero-order valence-electron chi connectivity index (χ0n) is 14.6. The van der Waals surface area contributed by atoms with Gasteiger partial charge in [0.2, 0.25) is 5.89 Å². The van der Waals surface area contributed by atoms with E-state index >= 15 is 0 Å². The molecule has 0 amide bonds. The molecule has 1 atom stereocenters. The highest BCUT2D eigenvalue weighted by atomic mass is 16.5. The molecule has 0 saturated heterocycles. The lowest BCUT2D eigenvalue weighted by Crippen LogP contribution is -2.12. The molecule has 0 aliphatic carbocycles. The van der Waals surface area contributed by atoms with Gasteiger partial charge < -0.3 is 13.9 Å². The van der Waals surface area contributed by atoms with Crippen LogP contribution in [0.2, 0.25) is 0 Å². The van der Waals surface area contributed by atoms with Gasteiger partial charge in [-0.15, -0.1) is 0 Å². The van der Waals surface area contributed by atoms with Crippen LogP contribution in [0, 0.1) is 11.3 Å². The first kappa shape index (κ1) is 17.5. The lowest BCUT2D eigenvalue weighted by molar-refractivity contribution is 0.0969. The molecule has 0 saturated carbocycles. The van der Waals surface area contributed by atoms with Gasteiger partial charge in [0.25, 0.3) is 0 Å². The summed E-state index contributed by atoms with van der Waals surface area (Å²) in [6.45, 7) is 4.63. The number of nitrogens with zero attached hydrogens (tertiary/aromatic N) is 2.